The van der Waals surface area contributed by atoms with E-state index in [0.717, 1.165) is 17.3 Å². The van der Waals surface area contributed by atoms with Gasteiger partial charge in [-0.15, -0.1) is 11.3 Å². The van der Waals surface area contributed by atoms with Gasteiger partial charge < -0.3 is 5.32 Å². The number of nitrogens with one attached hydrogen (secondary N) is 1. The normalized spacial score (nSPS) is 19.1. The maximum atomic E-state index is 12.9. The first-order chi connectivity index (χ1) is 11.5. The molecule has 3 rings (SSSR count). The van der Waals surface area contributed by atoms with Crippen molar-refractivity contribution >= 4 is 48.3 Å². The van der Waals surface area contributed by atoms with Crippen molar-refractivity contribution in [2.24, 2.45) is 0 Å². The van der Waals surface area contributed by atoms with Crippen molar-refractivity contribution in [2.75, 3.05) is 11.9 Å². The smallest absolute Gasteiger partial charge is 0.244 e. The number of anilines is 1. The Bertz CT molecular complexity index is 807. The van der Waals surface area contributed by atoms with Crippen LogP contribution in [0.3, 0.4) is 0 Å². The van der Waals surface area contributed by atoms with Crippen LogP contribution >= 0.6 is 27.3 Å². The van der Waals surface area contributed by atoms with Gasteiger partial charge in [-0.1, -0.05) is 22.4 Å². The molecule has 0 saturated carbocycles. The van der Waals surface area contributed by atoms with Crippen LogP contribution in [0.2, 0.25) is 0 Å². The Morgan fingerprint density at radius 2 is 2.04 bits per heavy atom. The third-order valence-corrected chi connectivity index (χ3v) is 6.98. The fourth-order valence-electron chi connectivity index (χ4n) is 2.67. The van der Waals surface area contributed by atoms with Crippen LogP contribution in [0.15, 0.2) is 45.2 Å². The lowest BCUT2D eigenvalue weighted by molar-refractivity contribution is -0.120. The van der Waals surface area contributed by atoms with Gasteiger partial charge in [0.1, 0.15) is 6.04 Å². The van der Waals surface area contributed by atoms with Crippen molar-refractivity contribution in [3.05, 3.63) is 40.3 Å². The number of thiazole rings is 1. The summed E-state index contributed by atoms with van der Waals surface area (Å²) < 4.78 is 28.0. The van der Waals surface area contributed by atoms with E-state index in [9.17, 15) is 13.2 Å². The summed E-state index contributed by atoms with van der Waals surface area (Å²) in [6, 6.07) is 5.74. The molecule has 1 aromatic carbocycles. The molecule has 1 saturated heterocycles. The Labute approximate surface area is 153 Å². The molecule has 1 unspecified atom stereocenters. The molecule has 1 aliphatic heterocycles. The monoisotopic (exact) mass is 429 g/mol. The van der Waals surface area contributed by atoms with E-state index in [1.54, 1.807) is 35.8 Å². The molecule has 2 aromatic rings. The second-order valence-corrected chi connectivity index (χ2v) is 9.11. The van der Waals surface area contributed by atoms with E-state index < -0.39 is 16.1 Å². The van der Waals surface area contributed by atoms with E-state index in [0.29, 0.717) is 18.1 Å². The SMILES string of the molecule is O=C(Nc1nccs1)C1CCCCN1S(=O)(=O)c1ccc(Br)cc1. The maximum absolute atomic E-state index is 12.9. The number of rotatable bonds is 4. The van der Waals surface area contributed by atoms with E-state index >= 15 is 0 Å². The van der Waals surface area contributed by atoms with Gasteiger partial charge >= 0.3 is 0 Å². The first-order valence-electron chi connectivity index (χ1n) is 7.46. The third kappa shape index (κ3) is 3.69. The molecular formula is C15H16BrN3O3S2. The zero-order valence-electron chi connectivity index (χ0n) is 12.7. The van der Waals surface area contributed by atoms with Gasteiger partial charge in [-0.25, -0.2) is 13.4 Å². The van der Waals surface area contributed by atoms with Crippen LogP contribution in [0.1, 0.15) is 19.3 Å². The van der Waals surface area contributed by atoms with Crippen molar-refractivity contribution in [3.8, 4) is 0 Å². The van der Waals surface area contributed by atoms with Crippen molar-refractivity contribution in [1.82, 2.24) is 9.29 Å². The van der Waals surface area contributed by atoms with Gasteiger partial charge in [0.2, 0.25) is 15.9 Å². The Hall–Kier alpha value is -1.29. The molecule has 0 spiro atoms. The largest absolute Gasteiger partial charge is 0.301 e. The number of carbonyl (C=O) groups is 1. The molecule has 1 N–H and O–H groups in total. The van der Waals surface area contributed by atoms with E-state index in [-0.39, 0.29) is 10.8 Å². The quantitative estimate of drug-likeness (QED) is 0.809. The number of nitrogens with zero attached hydrogens (tertiary/aromatic N) is 2. The van der Waals surface area contributed by atoms with Gasteiger partial charge in [0, 0.05) is 22.6 Å². The number of aromatic nitrogens is 1. The van der Waals surface area contributed by atoms with Gasteiger partial charge in [-0.05, 0) is 37.1 Å². The highest BCUT2D eigenvalue weighted by Crippen LogP contribution is 2.27. The number of benzene rings is 1. The molecule has 1 aromatic heterocycles. The van der Waals surface area contributed by atoms with Crippen LogP contribution < -0.4 is 5.32 Å². The predicted molar refractivity (Wildman–Crippen MR) is 96.4 cm³/mol. The average Bonchev–Trinajstić information content (AvgIpc) is 3.08. The minimum atomic E-state index is -3.72. The lowest BCUT2D eigenvalue weighted by atomic mass is 10.0. The molecule has 1 amide bonds. The number of sulfonamides is 1. The highest BCUT2D eigenvalue weighted by Gasteiger charge is 2.37. The Kier molecular flexibility index (Phi) is 5.33. The summed E-state index contributed by atoms with van der Waals surface area (Å²) in [6.45, 7) is 0.342. The molecule has 24 heavy (non-hydrogen) atoms. The number of piperidine rings is 1. The molecule has 128 valence electrons. The highest BCUT2D eigenvalue weighted by atomic mass is 79.9. The van der Waals surface area contributed by atoms with Gasteiger partial charge in [-0.3, -0.25) is 4.79 Å². The first kappa shape index (κ1) is 17.5. The van der Waals surface area contributed by atoms with Crippen molar-refractivity contribution < 1.29 is 13.2 Å². The van der Waals surface area contributed by atoms with Crippen LogP contribution in [0.4, 0.5) is 5.13 Å². The van der Waals surface area contributed by atoms with Gasteiger partial charge in [-0.2, -0.15) is 4.31 Å². The Morgan fingerprint density at radius 3 is 2.71 bits per heavy atom. The van der Waals surface area contributed by atoms with Gasteiger partial charge in [0.05, 0.1) is 4.90 Å². The second-order valence-electron chi connectivity index (χ2n) is 5.41. The summed E-state index contributed by atoms with van der Waals surface area (Å²) in [7, 11) is -3.72. The standard InChI is InChI=1S/C15H16BrN3O3S2/c16-11-4-6-12(7-5-11)24(21,22)19-9-2-1-3-13(19)14(20)18-15-17-8-10-23-15/h4-8,10,13H,1-3,9H2,(H,17,18,20). The second kappa shape index (κ2) is 7.30. The van der Waals surface area contributed by atoms with Crippen molar-refractivity contribution in [3.63, 3.8) is 0 Å². The van der Waals surface area contributed by atoms with Crippen molar-refractivity contribution in [2.45, 2.75) is 30.2 Å². The fraction of sp³-hybridized carbons (Fsp3) is 0.333. The lowest BCUT2D eigenvalue weighted by Gasteiger charge is -2.33. The van der Waals surface area contributed by atoms with Crippen LogP contribution in [0.5, 0.6) is 0 Å². The maximum Gasteiger partial charge on any atom is 0.244 e. The Balaban J connectivity index is 1.85. The number of halogens is 1. The summed E-state index contributed by atoms with van der Waals surface area (Å²) in [6.07, 6.45) is 3.67. The average molecular weight is 430 g/mol. The Morgan fingerprint density at radius 1 is 1.29 bits per heavy atom. The fourth-order valence-corrected chi connectivity index (χ4v) is 5.12. The molecular weight excluding hydrogens is 414 g/mol. The number of carbonyl (C=O) groups excluding carboxylic acids is 1. The van der Waals surface area contributed by atoms with Crippen molar-refractivity contribution in [1.29, 1.82) is 0 Å². The number of hydrogen-bond donors (Lipinski definition) is 1. The summed E-state index contributed by atoms with van der Waals surface area (Å²) in [5.74, 6) is -0.328. The van der Waals surface area contributed by atoms with E-state index in [1.165, 1.54) is 15.6 Å². The minimum absolute atomic E-state index is 0.194. The molecule has 0 bridgehead atoms. The molecule has 2 heterocycles. The zero-order chi connectivity index (χ0) is 17.2. The van der Waals surface area contributed by atoms with Crippen LogP contribution in [-0.2, 0) is 14.8 Å². The highest BCUT2D eigenvalue weighted by molar-refractivity contribution is 9.10. The van der Waals surface area contributed by atoms with E-state index in [4.69, 9.17) is 0 Å². The van der Waals surface area contributed by atoms with Gasteiger partial charge in [0.15, 0.2) is 5.13 Å². The molecule has 0 radical (unpaired) electrons. The minimum Gasteiger partial charge on any atom is -0.301 e. The molecule has 1 aliphatic rings. The first-order valence-corrected chi connectivity index (χ1v) is 10.6. The molecule has 9 heteroatoms. The van der Waals surface area contributed by atoms with Gasteiger partial charge in [0.25, 0.3) is 0 Å². The summed E-state index contributed by atoms with van der Waals surface area (Å²) in [5.41, 5.74) is 0. The van der Waals surface area contributed by atoms with Crippen LogP contribution in [-0.4, -0.2) is 36.2 Å². The van der Waals surface area contributed by atoms with E-state index in [2.05, 4.69) is 26.2 Å². The van der Waals surface area contributed by atoms with E-state index in [1.807, 2.05) is 0 Å². The summed E-state index contributed by atoms with van der Waals surface area (Å²) in [5, 5.41) is 4.94. The molecule has 0 aliphatic carbocycles. The molecule has 1 fully saturated rings. The summed E-state index contributed by atoms with van der Waals surface area (Å²) >= 11 is 4.60. The topological polar surface area (TPSA) is 79.4 Å². The number of amides is 1. The summed E-state index contributed by atoms with van der Waals surface area (Å²) in [4.78, 5) is 16.8. The molecule has 6 nitrogen and oxygen atoms in total. The molecule has 1 atom stereocenters. The third-order valence-electron chi connectivity index (χ3n) is 3.84. The van der Waals surface area contributed by atoms with Crippen LogP contribution in [0.25, 0.3) is 0 Å². The lowest BCUT2D eigenvalue weighted by Crippen LogP contribution is -2.49. The number of hydrogen-bond acceptors (Lipinski definition) is 5. The predicted octanol–water partition coefficient (Wildman–Crippen LogP) is 3.09. The van der Waals surface area contributed by atoms with Crippen LogP contribution in [0, 0.1) is 0 Å². The zero-order valence-corrected chi connectivity index (χ0v) is 15.9.